The van der Waals surface area contributed by atoms with Crippen molar-refractivity contribution >= 4 is 28.8 Å². The lowest BCUT2D eigenvalue weighted by atomic mass is 10.2. The van der Waals surface area contributed by atoms with Crippen LogP contribution >= 0.6 is 0 Å². The average molecular weight is 381 g/mol. The number of aromatic nitrogens is 4. The maximum atomic E-state index is 12.1. The number of anilines is 2. The number of rotatable bonds is 6. The molecule has 0 radical (unpaired) electrons. The van der Waals surface area contributed by atoms with Crippen molar-refractivity contribution in [1.29, 1.82) is 0 Å². The van der Waals surface area contributed by atoms with Crippen molar-refractivity contribution < 1.29 is 14.3 Å². The highest BCUT2D eigenvalue weighted by atomic mass is 16.5. The number of fused-ring (bicyclic) bond motifs is 1. The molecule has 0 atom stereocenters. The second kappa shape index (κ2) is 8.16. The molecular weight excluding hydrogens is 358 g/mol. The smallest absolute Gasteiger partial charge is 0.341 e. The fourth-order valence-corrected chi connectivity index (χ4v) is 2.94. The predicted molar refractivity (Wildman–Crippen MR) is 106 cm³/mol. The first-order chi connectivity index (χ1) is 13.4. The Morgan fingerprint density at radius 1 is 0.929 bits per heavy atom. The third-order valence-corrected chi connectivity index (χ3v) is 4.14. The van der Waals surface area contributed by atoms with E-state index in [9.17, 15) is 4.79 Å². The predicted octanol–water partition coefficient (Wildman–Crippen LogP) is 3.66. The second-order valence-electron chi connectivity index (χ2n) is 6.18. The first kappa shape index (κ1) is 19.5. The van der Waals surface area contributed by atoms with Gasteiger partial charge in [-0.05, 0) is 52.8 Å². The van der Waals surface area contributed by atoms with Crippen molar-refractivity contribution in [3.63, 3.8) is 0 Å². The molecule has 0 aliphatic heterocycles. The molecule has 0 saturated carbocycles. The zero-order valence-corrected chi connectivity index (χ0v) is 16.7. The number of carbonyl (C=O) groups excluding carboxylic acids is 1. The van der Waals surface area contributed by atoms with Gasteiger partial charge in [-0.1, -0.05) is 0 Å². The monoisotopic (exact) mass is 381 g/mol. The summed E-state index contributed by atoms with van der Waals surface area (Å²) in [6.07, 6.45) is 0. The molecule has 0 unspecified atom stereocenters. The molecule has 8 heteroatoms. The SMILES string of the molecule is CCOC(=O)c1c(C)nc(Nc2nc(C)c3cc(OCC)ccc3n2)nc1C. The van der Waals surface area contributed by atoms with E-state index in [4.69, 9.17) is 9.47 Å². The molecule has 0 aliphatic rings. The summed E-state index contributed by atoms with van der Waals surface area (Å²) < 4.78 is 10.6. The normalized spacial score (nSPS) is 10.8. The lowest BCUT2D eigenvalue weighted by Crippen LogP contribution is -2.13. The Morgan fingerprint density at radius 3 is 2.21 bits per heavy atom. The highest BCUT2D eigenvalue weighted by Gasteiger charge is 2.17. The molecular formula is C20H23N5O3. The van der Waals surface area contributed by atoms with E-state index in [0.717, 1.165) is 22.3 Å². The number of ether oxygens (including phenoxy) is 2. The number of hydrogen-bond acceptors (Lipinski definition) is 8. The Kier molecular flexibility index (Phi) is 5.67. The first-order valence-corrected chi connectivity index (χ1v) is 9.13. The van der Waals surface area contributed by atoms with Crippen LogP contribution in [0.25, 0.3) is 10.9 Å². The quantitative estimate of drug-likeness (QED) is 0.646. The van der Waals surface area contributed by atoms with Gasteiger partial charge in [-0.3, -0.25) is 5.32 Å². The van der Waals surface area contributed by atoms with Crippen LogP contribution < -0.4 is 10.1 Å². The molecule has 0 bridgehead atoms. The minimum Gasteiger partial charge on any atom is -0.494 e. The van der Waals surface area contributed by atoms with Gasteiger partial charge in [-0.2, -0.15) is 0 Å². The minimum atomic E-state index is -0.424. The molecule has 0 spiro atoms. The molecule has 8 nitrogen and oxygen atoms in total. The lowest BCUT2D eigenvalue weighted by molar-refractivity contribution is 0.0523. The zero-order valence-electron chi connectivity index (χ0n) is 16.7. The first-order valence-electron chi connectivity index (χ1n) is 9.13. The summed E-state index contributed by atoms with van der Waals surface area (Å²) in [5.74, 6) is 1.07. The van der Waals surface area contributed by atoms with Crippen LogP contribution in [0.2, 0.25) is 0 Å². The molecule has 146 valence electrons. The highest BCUT2D eigenvalue weighted by Crippen LogP contribution is 2.24. The lowest BCUT2D eigenvalue weighted by Gasteiger charge is -2.12. The van der Waals surface area contributed by atoms with Gasteiger partial charge in [-0.25, -0.2) is 24.7 Å². The number of hydrogen-bond donors (Lipinski definition) is 1. The van der Waals surface area contributed by atoms with Crippen molar-refractivity contribution in [3.8, 4) is 5.75 Å². The Morgan fingerprint density at radius 2 is 1.57 bits per heavy atom. The summed E-state index contributed by atoms with van der Waals surface area (Å²) in [6.45, 7) is 10.00. The average Bonchev–Trinajstić information content (AvgIpc) is 2.62. The molecule has 2 aromatic heterocycles. The van der Waals surface area contributed by atoms with Crippen LogP contribution in [0.3, 0.4) is 0 Å². The van der Waals surface area contributed by atoms with E-state index in [-0.39, 0.29) is 0 Å². The maximum Gasteiger partial charge on any atom is 0.341 e. The van der Waals surface area contributed by atoms with E-state index >= 15 is 0 Å². The van der Waals surface area contributed by atoms with Gasteiger partial charge in [0.05, 0.1) is 35.8 Å². The van der Waals surface area contributed by atoms with Crippen molar-refractivity contribution in [2.75, 3.05) is 18.5 Å². The molecule has 3 rings (SSSR count). The van der Waals surface area contributed by atoms with E-state index in [0.29, 0.717) is 42.1 Å². The summed E-state index contributed by atoms with van der Waals surface area (Å²) in [5.41, 5.74) is 3.05. The van der Waals surface area contributed by atoms with Gasteiger partial charge in [0.2, 0.25) is 11.9 Å². The third-order valence-electron chi connectivity index (χ3n) is 4.14. The number of benzene rings is 1. The number of nitrogens with zero attached hydrogens (tertiary/aromatic N) is 4. The molecule has 0 amide bonds. The molecule has 2 heterocycles. The van der Waals surface area contributed by atoms with Crippen molar-refractivity contribution in [2.24, 2.45) is 0 Å². The van der Waals surface area contributed by atoms with Gasteiger partial charge >= 0.3 is 5.97 Å². The van der Waals surface area contributed by atoms with Crippen LogP contribution in [0.5, 0.6) is 5.75 Å². The number of carbonyl (C=O) groups is 1. The van der Waals surface area contributed by atoms with Crippen LogP contribution in [-0.4, -0.2) is 39.1 Å². The maximum absolute atomic E-state index is 12.1. The topological polar surface area (TPSA) is 99.1 Å². The standard InChI is InChI=1S/C20H23N5O3/c1-6-27-14-8-9-16-15(10-14)11(3)21-20(24-16)25-19-22-12(4)17(13(5)23-19)18(26)28-7-2/h8-10H,6-7H2,1-5H3,(H,21,22,23,24,25). The number of aryl methyl sites for hydroxylation is 3. The second-order valence-corrected chi connectivity index (χ2v) is 6.18. The summed E-state index contributed by atoms with van der Waals surface area (Å²) in [6, 6.07) is 5.69. The molecule has 3 aromatic rings. The molecule has 0 fully saturated rings. The van der Waals surface area contributed by atoms with E-state index in [2.05, 4.69) is 25.3 Å². The molecule has 1 aromatic carbocycles. The fraction of sp³-hybridized carbons (Fsp3) is 0.350. The summed E-state index contributed by atoms with van der Waals surface area (Å²) in [4.78, 5) is 29.8. The summed E-state index contributed by atoms with van der Waals surface area (Å²) in [5, 5.41) is 3.95. The fourth-order valence-electron chi connectivity index (χ4n) is 2.94. The van der Waals surface area contributed by atoms with Gasteiger partial charge in [0, 0.05) is 5.39 Å². The molecule has 0 saturated heterocycles. The van der Waals surface area contributed by atoms with Gasteiger partial charge in [-0.15, -0.1) is 0 Å². The van der Waals surface area contributed by atoms with Crippen LogP contribution in [0.15, 0.2) is 18.2 Å². The van der Waals surface area contributed by atoms with Crippen molar-refractivity contribution in [2.45, 2.75) is 34.6 Å². The minimum absolute atomic E-state index is 0.299. The zero-order chi connectivity index (χ0) is 20.3. The summed E-state index contributed by atoms with van der Waals surface area (Å²) >= 11 is 0. The van der Waals surface area contributed by atoms with E-state index < -0.39 is 5.97 Å². The Bertz CT molecular complexity index is 1010. The van der Waals surface area contributed by atoms with Crippen LogP contribution in [-0.2, 0) is 4.74 Å². The largest absolute Gasteiger partial charge is 0.494 e. The van der Waals surface area contributed by atoms with Crippen molar-refractivity contribution in [3.05, 3.63) is 40.8 Å². The Balaban J connectivity index is 1.92. The third kappa shape index (κ3) is 4.00. The molecule has 1 N–H and O–H groups in total. The number of esters is 1. The molecule has 0 aliphatic carbocycles. The van der Waals surface area contributed by atoms with Crippen LogP contribution in [0, 0.1) is 20.8 Å². The van der Waals surface area contributed by atoms with Gasteiger partial charge < -0.3 is 9.47 Å². The van der Waals surface area contributed by atoms with Gasteiger partial charge in [0.25, 0.3) is 0 Å². The Labute approximate surface area is 163 Å². The van der Waals surface area contributed by atoms with Crippen molar-refractivity contribution in [1.82, 2.24) is 19.9 Å². The van der Waals surface area contributed by atoms with Gasteiger partial charge in [0.15, 0.2) is 0 Å². The highest BCUT2D eigenvalue weighted by molar-refractivity contribution is 5.91. The van der Waals surface area contributed by atoms with E-state index in [1.54, 1.807) is 20.8 Å². The molecule has 28 heavy (non-hydrogen) atoms. The number of nitrogens with one attached hydrogen (secondary N) is 1. The van der Waals surface area contributed by atoms with Gasteiger partial charge in [0.1, 0.15) is 11.3 Å². The van der Waals surface area contributed by atoms with Crippen LogP contribution in [0.4, 0.5) is 11.9 Å². The van der Waals surface area contributed by atoms with Crippen LogP contribution in [0.1, 0.15) is 41.3 Å². The Hall–Kier alpha value is -3.29. The van der Waals surface area contributed by atoms with E-state index in [1.165, 1.54) is 0 Å². The summed E-state index contributed by atoms with van der Waals surface area (Å²) in [7, 11) is 0. The van der Waals surface area contributed by atoms with E-state index in [1.807, 2.05) is 32.0 Å².